The molecule has 0 atom stereocenters. The Labute approximate surface area is 231 Å². The molecule has 3 heterocycles. The highest BCUT2D eigenvalue weighted by Gasteiger charge is 2.22. The second kappa shape index (κ2) is 12.1. The van der Waals surface area contributed by atoms with Gasteiger partial charge in [0.1, 0.15) is 22.8 Å². The normalized spacial score (nSPS) is 11.3. The zero-order chi connectivity index (χ0) is 28.9. The van der Waals surface area contributed by atoms with E-state index >= 15 is 0 Å². The van der Waals surface area contributed by atoms with Gasteiger partial charge in [0, 0.05) is 38.7 Å². The average molecular weight is 568 g/mol. The number of aliphatic hydroxyl groups excluding tert-OH is 1. The smallest absolute Gasteiger partial charge is 0.387 e. The molecule has 0 saturated carbocycles. The van der Waals surface area contributed by atoms with Gasteiger partial charge in [0.15, 0.2) is 17.2 Å². The third-order valence-corrected chi connectivity index (χ3v) is 5.86. The summed E-state index contributed by atoms with van der Waals surface area (Å²) in [6.45, 7) is -2.47. The number of aryl methyl sites for hydroxylation is 1. The maximum atomic E-state index is 14.6. The summed E-state index contributed by atoms with van der Waals surface area (Å²) in [5.41, 5.74) is 1.57. The highest BCUT2D eigenvalue weighted by atomic mass is 19.3. The van der Waals surface area contributed by atoms with Gasteiger partial charge in [-0.05, 0) is 42.0 Å². The lowest BCUT2D eigenvalue weighted by Crippen LogP contribution is -2.17. The van der Waals surface area contributed by atoms with Gasteiger partial charge in [-0.1, -0.05) is 6.07 Å². The minimum absolute atomic E-state index is 0.0492. The number of aliphatic hydroxyl groups is 1. The highest BCUT2D eigenvalue weighted by Crippen LogP contribution is 2.39. The van der Waals surface area contributed by atoms with Crippen molar-refractivity contribution in [2.24, 2.45) is 7.05 Å². The summed E-state index contributed by atoms with van der Waals surface area (Å²) < 4.78 is 54.5. The lowest BCUT2D eigenvalue weighted by molar-refractivity contribution is -0.0494. The minimum atomic E-state index is -3.15. The van der Waals surface area contributed by atoms with Crippen molar-refractivity contribution in [3.63, 3.8) is 0 Å². The molecule has 212 valence electrons. The fraction of sp³-hybridized carbons (Fsp3) is 0.185. The van der Waals surface area contributed by atoms with Gasteiger partial charge in [0.2, 0.25) is 0 Å². The Kier molecular flexibility index (Phi) is 8.12. The Morgan fingerprint density at radius 1 is 1.17 bits per heavy atom. The van der Waals surface area contributed by atoms with Crippen molar-refractivity contribution in [1.29, 1.82) is 0 Å². The van der Waals surface area contributed by atoms with Gasteiger partial charge < -0.3 is 25.2 Å². The first-order valence-electron chi connectivity index (χ1n) is 12.3. The van der Waals surface area contributed by atoms with Crippen molar-refractivity contribution >= 4 is 17.2 Å². The van der Waals surface area contributed by atoms with E-state index in [0.29, 0.717) is 24.3 Å². The average Bonchev–Trinajstić information content (AvgIpc) is 3.54. The van der Waals surface area contributed by atoms with Crippen LogP contribution in [0, 0.1) is 5.82 Å². The van der Waals surface area contributed by atoms with Crippen molar-refractivity contribution in [3.05, 3.63) is 84.2 Å². The largest absolute Gasteiger partial charge is 0.454 e. The van der Waals surface area contributed by atoms with Crippen molar-refractivity contribution in [1.82, 2.24) is 29.7 Å². The number of nitrogens with one attached hydrogen (secondary N) is 2. The molecule has 3 N–H and O–H groups in total. The predicted molar refractivity (Wildman–Crippen MR) is 141 cm³/mol. The Morgan fingerprint density at radius 2 is 2.02 bits per heavy atom. The van der Waals surface area contributed by atoms with Gasteiger partial charge in [-0.3, -0.25) is 9.48 Å². The number of rotatable bonds is 11. The van der Waals surface area contributed by atoms with E-state index < -0.39 is 18.3 Å². The first-order valence-corrected chi connectivity index (χ1v) is 12.3. The first kappa shape index (κ1) is 27.6. The topological polar surface area (TPSA) is 128 Å². The van der Waals surface area contributed by atoms with E-state index in [9.17, 15) is 18.0 Å². The molecule has 1 amide bonds. The molecular formula is C27H24F3N7O4. The highest BCUT2D eigenvalue weighted by molar-refractivity contribution is 6.09. The quantitative estimate of drug-likeness (QED) is 0.205. The van der Waals surface area contributed by atoms with Gasteiger partial charge >= 0.3 is 6.61 Å². The monoisotopic (exact) mass is 567 g/mol. The van der Waals surface area contributed by atoms with E-state index in [0.717, 1.165) is 0 Å². The predicted octanol–water partition coefficient (Wildman–Crippen LogP) is 4.00. The van der Waals surface area contributed by atoms with Crippen LogP contribution in [0.15, 0.2) is 67.3 Å². The SMILES string of the molecule is Cn1cc(NC(=O)c2cnn3cccnc23)c(-c2cc(Oc3cc(CNCCO)ccc3F)ccc2OC(F)F)n1. The number of benzene rings is 2. The number of hydrogen-bond acceptors (Lipinski definition) is 8. The maximum absolute atomic E-state index is 14.6. The first-order chi connectivity index (χ1) is 19.8. The van der Waals surface area contributed by atoms with E-state index in [1.807, 2.05) is 0 Å². The number of amides is 1. The minimum Gasteiger partial charge on any atom is -0.454 e. The fourth-order valence-corrected chi connectivity index (χ4v) is 4.09. The summed E-state index contributed by atoms with van der Waals surface area (Å²) in [7, 11) is 1.59. The lowest BCUT2D eigenvalue weighted by atomic mass is 10.1. The van der Waals surface area contributed by atoms with Crippen LogP contribution in [0.5, 0.6) is 17.2 Å². The Morgan fingerprint density at radius 3 is 2.83 bits per heavy atom. The molecule has 5 rings (SSSR count). The van der Waals surface area contributed by atoms with E-state index in [1.54, 1.807) is 25.4 Å². The Balaban J connectivity index is 1.48. The van der Waals surface area contributed by atoms with Gasteiger partial charge in [0.05, 0.1) is 24.1 Å². The molecule has 0 aliphatic carbocycles. The Hall–Kier alpha value is -4.95. The van der Waals surface area contributed by atoms with E-state index in [-0.39, 0.29) is 46.4 Å². The number of halogens is 3. The molecule has 14 heteroatoms. The van der Waals surface area contributed by atoms with Crippen LogP contribution in [0.25, 0.3) is 16.9 Å². The molecule has 5 aromatic rings. The third kappa shape index (κ3) is 6.28. The van der Waals surface area contributed by atoms with E-state index in [4.69, 9.17) is 14.6 Å². The summed E-state index contributed by atoms with van der Waals surface area (Å²) in [6.07, 6.45) is 6.01. The second-order valence-electron chi connectivity index (χ2n) is 8.77. The van der Waals surface area contributed by atoms with Crippen molar-refractivity contribution in [2.45, 2.75) is 13.2 Å². The fourth-order valence-electron chi connectivity index (χ4n) is 4.09. The molecule has 0 saturated heterocycles. The molecule has 2 aromatic carbocycles. The molecule has 0 radical (unpaired) electrons. The molecule has 0 fully saturated rings. The number of carbonyl (C=O) groups is 1. The number of alkyl halides is 2. The Bertz CT molecular complexity index is 1690. The molecule has 0 unspecified atom stereocenters. The molecule has 41 heavy (non-hydrogen) atoms. The number of fused-ring (bicyclic) bond motifs is 1. The third-order valence-electron chi connectivity index (χ3n) is 5.86. The number of nitrogens with zero attached hydrogens (tertiary/aromatic N) is 5. The lowest BCUT2D eigenvalue weighted by Gasteiger charge is -2.14. The van der Waals surface area contributed by atoms with Crippen LogP contribution in [-0.2, 0) is 13.6 Å². The standard InChI is InChI=1S/C27H24F3N7O4/c1-36-15-21(34-26(39)19-14-33-37-9-2-7-32-25(19)37)24(35-36)18-12-17(4-6-22(18)41-27(29)30)40-23-11-16(3-5-20(23)28)13-31-8-10-38/h2-7,9,11-12,14-15,27,31,38H,8,10,13H2,1H3,(H,34,39). The maximum Gasteiger partial charge on any atom is 0.387 e. The molecular weight excluding hydrogens is 543 g/mol. The zero-order valence-corrected chi connectivity index (χ0v) is 21.6. The van der Waals surface area contributed by atoms with Crippen LogP contribution in [0.3, 0.4) is 0 Å². The summed E-state index contributed by atoms with van der Waals surface area (Å²) in [5, 5.41) is 23.1. The number of carbonyl (C=O) groups excluding carboxylic acids is 1. The van der Waals surface area contributed by atoms with Gasteiger partial charge in [-0.15, -0.1) is 0 Å². The summed E-state index contributed by atoms with van der Waals surface area (Å²) in [4.78, 5) is 17.3. The van der Waals surface area contributed by atoms with Gasteiger partial charge in [0.25, 0.3) is 5.91 Å². The second-order valence-corrected chi connectivity index (χ2v) is 8.77. The molecule has 3 aromatic heterocycles. The number of hydrogen-bond donors (Lipinski definition) is 3. The van der Waals surface area contributed by atoms with E-state index in [1.165, 1.54) is 58.1 Å². The van der Waals surface area contributed by atoms with Crippen LogP contribution in [0.1, 0.15) is 15.9 Å². The molecule has 0 bridgehead atoms. The molecule has 0 aliphatic rings. The molecule has 0 spiro atoms. The van der Waals surface area contributed by atoms with Crippen LogP contribution in [0.4, 0.5) is 18.9 Å². The number of aromatic nitrogens is 5. The van der Waals surface area contributed by atoms with Crippen LogP contribution < -0.4 is 20.1 Å². The van der Waals surface area contributed by atoms with Crippen molar-refractivity contribution < 1.29 is 32.5 Å². The summed E-state index contributed by atoms with van der Waals surface area (Å²) in [6, 6.07) is 9.92. The van der Waals surface area contributed by atoms with Crippen molar-refractivity contribution in [2.75, 3.05) is 18.5 Å². The molecule has 0 aliphatic heterocycles. The summed E-state index contributed by atoms with van der Waals surface area (Å²) >= 11 is 0. The molecule has 11 nitrogen and oxygen atoms in total. The van der Waals surface area contributed by atoms with Crippen LogP contribution in [0.2, 0.25) is 0 Å². The van der Waals surface area contributed by atoms with Gasteiger partial charge in [-0.2, -0.15) is 19.0 Å². The van der Waals surface area contributed by atoms with Crippen LogP contribution >= 0.6 is 0 Å². The number of anilines is 1. The zero-order valence-electron chi connectivity index (χ0n) is 21.6. The van der Waals surface area contributed by atoms with Crippen molar-refractivity contribution in [3.8, 4) is 28.5 Å². The van der Waals surface area contributed by atoms with Gasteiger partial charge in [-0.25, -0.2) is 13.9 Å². The van der Waals surface area contributed by atoms with E-state index in [2.05, 4.69) is 25.8 Å². The van der Waals surface area contributed by atoms with Crippen LogP contribution in [-0.4, -0.2) is 55.2 Å². The summed E-state index contributed by atoms with van der Waals surface area (Å²) in [5.74, 6) is -1.42. The number of ether oxygens (including phenoxy) is 2.